The molecule has 0 spiro atoms. The second kappa shape index (κ2) is 50.7. The molecule has 0 bridgehead atoms. The van der Waals surface area contributed by atoms with Gasteiger partial charge in [0, 0.05) is 19.3 Å². The van der Waals surface area contributed by atoms with Crippen LogP contribution in [0.3, 0.4) is 0 Å². The first-order valence-corrected chi connectivity index (χ1v) is 29.6. The number of ether oxygens (including phenoxy) is 5. The molecule has 1 saturated heterocycles. The number of hydrogen-bond acceptors (Lipinski definition) is 11. The van der Waals surface area contributed by atoms with Crippen molar-refractivity contribution in [3.05, 3.63) is 85.1 Å². The molecule has 1 rings (SSSR count). The monoisotopic (exact) mass is 1050 g/mol. The molecule has 0 amide bonds. The summed E-state index contributed by atoms with van der Waals surface area (Å²) in [6.07, 6.45) is 52.7. The standard InChI is InChI=1S/C63H104O12/c1-4-7-10-13-16-19-22-24-26-27-28-29-31-32-35-37-40-43-46-49-55(64)71-52-54(73-56(65)50-47-44-41-38-34-21-18-15-12-9-6-3)53-72-63-61(59(68)58(67)60(75-63)62(69)70)74-57(66)51-48-45-42-39-36-33-30-25-23-20-17-14-11-8-5-2/h7-8,10-11,16-17,19-20,24-26,28-30,54,58-61,63,67-68H,4-6,9,12-15,18,21-23,27,31-53H2,1-3H3,(H,69,70)/b10-7-,11-8-,19-16-,20-17-,26-24-,29-28-,30-25-. The second-order valence-corrected chi connectivity index (χ2v) is 19.9. The topological polar surface area (TPSA) is 175 Å². The SMILES string of the molecule is CC/C=C\C/C=C\C/C=C\C/C=C\CCCCCCCCC(=O)OCC(COC1OC(C(=O)O)C(O)C(O)C1OC(=O)CCCCCCC/C=C\C/C=C\C/C=C\CC)OC(=O)CCCCCCCCCCCCC. The van der Waals surface area contributed by atoms with E-state index in [2.05, 4.69) is 106 Å². The maximum atomic E-state index is 13.1. The highest BCUT2D eigenvalue weighted by Gasteiger charge is 2.50. The zero-order valence-electron chi connectivity index (χ0n) is 47.0. The van der Waals surface area contributed by atoms with E-state index in [1.807, 2.05) is 0 Å². The smallest absolute Gasteiger partial charge is 0.335 e. The molecule has 1 aliphatic heterocycles. The number of unbranched alkanes of at least 4 members (excludes halogenated alkanes) is 21. The van der Waals surface area contributed by atoms with Crippen molar-refractivity contribution < 1.29 is 58.2 Å². The first kappa shape index (κ1) is 68.9. The van der Waals surface area contributed by atoms with E-state index in [4.69, 9.17) is 23.7 Å². The molecule has 0 aromatic rings. The van der Waals surface area contributed by atoms with E-state index in [0.29, 0.717) is 19.3 Å². The molecule has 6 unspecified atom stereocenters. The van der Waals surface area contributed by atoms with Crippen molar-refractivity contribution in [1.29, 1.82) is 0 Å². The predicted octanol–water partition coefficient (Wildman–Crippen LogP) is 15.1. The second-order valence-electron chi connectivity index (χ2n) is 19.9. The molecular weight excluding hydrogens is 949 g/mol. The third-order valence-electron chi connectivity index (χ3n) is 13.0. The zero-order chi connectivity index (χ0) is 54.7. The third-order valence-corrected chi connectivity index (χ3v) is 13.0. The van der Waals surface area contributed by atoms with Gasteiger partial charge in [-0.25, -0.2) is 4.79 Å². The number of aliphatic carboxylic acids is 1. The van der Waals surface area contributed by atoms with Gasteiger partial charge in [-0.3, -0.25) is 14.4 Å². The van der Waals surface area contributed by atoms with E-state index in [1.165, 1.54) is 44.9 Å². The fourth-order valence-electron chi connectivity index (χ4n) is 8.49. The molecule has 1 fully saturated rings. The Labute approximate surface area is 454 Å². The van der Waals surface area contributed by atoms with Gasteiger partial charge >= 0.3 is 23.9 Å². The van der Waals surface area contributed by atoms with Crippen molar-refractivity contribution >= 4 is 23.9 Å². The molecule has 12 heteroatoms. The van der Waals surface area contributed by atoms with Gasteiger partial charge in [-0.05, 0) is 89.9 Å². The highest BCUT2D eigenvalue weighted by Crippen LogP contribution is 2.26. The molecular formula is C63H104O12. The van der Waals surface area contributed by atoms with Gasteiger partial charge in [-0.1, -0.05) is 215 Å². The summed E-state index contributed by atoms with van der Waals surface area (Å²) in [7, 11) is 0. The molecule has 75 heavy (non-hydrogen) atoms. The van der Waals surface area contributed by atoms with Gasteiger partial charge in [0.25, 0.3) is 0 Å². The predicted molar refractivity (Wildman–Crippen MR) is 303 cm³/mol. The Morgan fingerprint density at radius 3 is 1.28 bits per heavy atom. The summed E-state index contributed by atoms with van der Waals surface area (Å²) < 4.78 is 28.4. The molecule has 3 N–H and O–H groups in total. The summed E-state index contributed by atoms with van der Waals surface area (Å²) in [4.78, 5) is 51.1. The van der Waals surface area contributed by atoms with Gasteiger partial charge in [0.15, 0.2) is 24.6 Å². The van der Waals surface area contributed by atoms with Crippen LogP contribution in [0.5, 0.6) is 0 Å². The average Bonchev–Trinajstić information content (AvgIpc) is 3.39. The molecule has 428 valence electrons. The maximum Gasteiger partial charge on any atom is 0.335 e. The van der Waals surface area contributed by atoms with Crippen LogP contribution in [-0.2, 0) is 42.9 Å². The summed E-state index contributed by atoms with van der Waals surface area (Å²) >= 11 is 0. The number of esters is 3. The van der Waals surface area contributed by atoms with Crippen LogP contribution in [0.4, 0.5) is 0 Å². The zero-order valence-corrected chi connectivity index (χ0v) is 47.0. The Bertz CT molecular complexity index is 1630. The number of carboxylic acids is 1. The van der Waals surface area contributed by atoms with E-state index in [0.717, 1.165) is 135 Å². The number of rotatable bonds is 49. The Kier molecular flexibility index (Phi) is 46.6. The van der Waals surface area contributed by atoms with Gasteiger partial charge in [-0.15, -0.1) is 0 Å². The van der Waals surface area contributed by atoms with Crippen LogP contribution in [-0.4, -0.2) is 89.2 Å². The Balaban J connectivity index is 2.68. The van der Waals surface area contributed by atoms with Crippen LogP contribution >= 0.6 is 0 Å². The van der Waals surface area contributed by atoms with Gasteiger partial charge < -0.3 is 39.0 Å². The molecule has 0 aromatic heterocycles. The van der Waals surface area contributed by atoms with Crippen molar-refractivity contribution in [3.8, 4) is 0 Å². The Hall–Kier alpha value is -4.10. The molecule has 12 nitrogen and oxygen atoms in total. The number of hydrogen-bond donors (Lipinski definition) is 3. The van der Waals surface area contributed by atoms with Crippen molar-refractivity contribution in [2.45, 2.75) is 276 Å². The Morgan fingerprint density at radius 2 is 0.840 bits per heavy atom. The van der Waals surface area contributed by atoms with E-state index < -0.39 is 67.3 Å². The highest BCUT2D eigenvalue weighted by molar-refractivity contribution is 5.74. The van der Waals surface area contributed by atoms with Gasteiger partial charge in [-0.2, -0.15) is 0 Å². The number of carbonyl (C=O) groups excluding carboxylic acids is 3. The minimum absolute atomic E-state index is 0.0377. The average molecular weight is 1050 g/mol. The molecule has 0 aromatic carbocycles. The Morgan fingerprint density at radius 1 is 0.453 bits per heavy atom. The summed E-state index contributed by atoms with van der Waals surface area (Å²) in [6.45, 7) is 5.74. The van der Waals surface area contributed by atoms with Gasteiger partial charge in [0.05, 0.1) is 6.61 Å². The number of carboxylic acid groups (broad SMARTS) is 1. The van der Waals surface area contributed by atoms with Crippen molar-refractivity contribution in [3.63, 3.8) is 0 Å². The summed E-state index contributed by atoms with van der Waals surface area (Å²) in [6, 6.07) is 0. The van der Waals surface area contributed by atoms with Crippen molar-refractivity contribution in [2.24, 2.45) is 0 Å². The van der Waals surface area contributed by atoms with Crippen molar-refractivity contribution in [2.75, 3.05) is 13.2 Å². The van der Waals surface area contributed by atoms with E-state index in [-0.39, 0.29) is 25.9 Å². The van der Waals surface area contributed by atoms with Crippen LogP contribution in [0, 0.1) is 0 Å². The van der Waals surface area contributed by atoms with Gasteiger partial charge in [0.1, 0.15) is 18.8 Å². The minimum atomic E-state index is -1.91. The lowest BCUT2D eigenvalue weighted by atomic mass is 9.98. The molecule has 1 heterocycles. The maximum absolute atomic E-state index is 13.1. The molecule has 0 aliphatic carbocycles. The first-order chi connectivity index (χ1) is 36.6. The number of carbonyl (C=O) groups is 4. The summed E-state index contributed by atoms with van der Waals surface area (Å²) in [5.74, 6) is -3.16. The number of aliphatic hydroxyl groups excluding tert-OH is 2. The summed E-state index contributed by atoms with van der Waals surface area (Å²) in [5, 5.41) is 31.5. The lowest BCUT2D eigenvalue weighted by Crippen LogP contribution is -2.61. The van der Waals surface area contributed by atoms with Crippen LogP contribution in [0.1, 0.15) is 239 Å². The first-order valence-electron chi connectivity index (χ1n) is 29.6. The lowest BCUT2D eigenvalue weighted by molar-refractivity contribution is -0.301. The molecule has 6 atom stereocenters. The van der Waals surface area contributed by atoms with Crippen molar-refractivity contribution in [1.82, 2.24) is 0 Å². The summed E-state index contributed by atoms with van der Waals surface area (Å²) in [5.41, 5.74) is 0. The van der Waals surface area contributed by atoms with E-state index >= 15 is 0 Å². The highest BCUT2D eigenvalue weighted by atomic mass is 16.7. The van der Waals surface area contributed by atoms with E-state index in [9.17, 15) is 34.5 Å². The minimum Gasteiger partial charge on any atom is -0.479 e. The number of aliphatic hydroxyl groups is 2. The lowest BCUT2D eigenvalue weighted by Gasteiger charge is -2.40. The van der Waals surface area contributed by atoms with Crippen LogP contribution < -0.4 is 0 Å². The quantitative estimate of drug-likeness (QED) is 0.0228. The van der Waals surface area contributed by atoms with Gasteiger partial charge in [0.2, 0.25) is 0 Å². The molecule has 0 saturated carbocycles. The largest absolute Gasteiger partial charge is 0.479 e. The molecule has 0 radical (unpaired) electrons. The van der Waals surface area contributed by atoms with Crippen LogP contribution in [0.25, 0.3) is 0 Å². The fraction of sp³-hybridized carbons (Fsp3) is 0.714. The normalized spacial score (nSPS) is 18.8. The van der Waals surface area contributed by atoms with Crippen LogP contribution in [0.2, 0.25) is 0 Å². The van der Waals surface area contributed by atoms with Crippen LogP contribution in [0.15, 0.2) is 85.1 Å². The number of allylic oxidation sites excluding steroid dienone is 14. The van der Waals surface area contributed by atoms with E-state index in [1.54, 1.807) is 0 Å². The fourth-order valence-corrected chi connectivity index (χ4v) is 8.49. The third kappa shape index (κ3) is 40.8. The molecule has 1 aliphatic rings.